The molecule has 0 bridgehead atoms. The molecule has 2 aromatic rings. The minimum Gasteiger partial charge on any atom is -0.335 e. The van der Waals surface area contributed by atoms with Crippen molar-refractivity contribution >= 4 is 39.1 Å². The number of nitrogens with one attached hydrogen (secondary N) is 3. The molecule has 3 rings (SSSR count). The van der Waals surface area contributed by atoms with Crippen LogP contribution in [0.4, 0.5) is 23.2 Å². The van der Waals surface area contributed by atoms with Crippen molar-refractivity contribution in [1.82, 2.24) is 20.4 Å². The zero-order valence-corrected chi connectivity index (χ0v) is 18.6. The van der Waals surface area contributed by atoms with Gasteiger partial charge in [0.15, 0.2) is 5.69 Å². The van der Waals surface area contributed by atoms with Crippen LogP contribution in [0.2, 0.25) is 5.02 Å². The molecular formula is C17H17ClF4N6O5S. The predicted molar refractivity (Wildman–Crippen MR) is 110 cm³/mol. The van der Waals surface area contributed by atoms with Gasteiger partial charge >= 0.3 is 12.1 Å². The van der Waals surface area contributed by atoms with Crippen molar-refractivity contribution in [2.75, 3.05) is 18.4 Å². The Balaban J connectivity index is 1.85. The molecule has 1 aromatic heterocycles. The number of carbonyl (C=O) groups is 1. The van der Waals surface area contributed by atoms with Gasteiger partial charge in [0.25, 0.3) is 0 Å². The summed E-state index contributed by atoms with van der Waals surface area (Å²) < 4.78 is 83.0. The molecule has 34 heavy (non-hydrogen) atoms. The summed E-state index contributed by atoms with van der Waals surface area (Å²) in [5.41, 5.74) is -0.527. The van der Waals surface area contributed by atoms with Crippen LogP contribution in [0, 0.1) is 5.82 Å². The molecule has 0 aliphatic carbocycles. The third kappa shape index (κ3) is 6.62. The average Bonchev–Trinajstić information content (AvgIpc) is 3.26. The molecule has 186 valence electrons. The molecule has 0 radical (unpaired) electrons. The smallest absolute Gasteiger partial charge is 0.335 e. The van der Waals surface area contributed by atoms with E-state index in [1.165, 1.54) is 0 Å². The second-order valence-electron chi connectivity index (χ2n) is 6.95. The lowest BCUT2D eigenvalue weighted by molar-refractivity contribution is -0.199. The largest absolute Gasteiger partial charge is 0.493 e. The minimum absolute atomic E-state index is 0.0254. The number of piperidine rings is 1. The fraction of sp³-hybridized carbons (Fsp3) is 0.412. The number of nitrogens with zero attached hydrogens (tertiary/aromatic N) is 3. The van der Waals surface area contributed by atoms with E-state index in [-0.39, 0.29) is 22.1 Å². The van der Waals surface area contributed by atoms with Crippen LogP contribution in [0.1, 0.15) is 24.2 Å². The first-order valence-electron chi connectivity index (χ1n) is 9.56. The molecule has 1 aliphatic rings. The van der Waals surface area contributed by atoms with Gasteiger partial charge in [0.05, 0.1) is 16.8 Å². The number of benzene rings is 1. The third-order valence-corrected chi connectivity index (χ3v) is 6.77. The zero-order valence-electron chi connectivity index (χ0n) is 17.0. The Morgan fingerprint density at radius 1 is 1.29 bits per heavy atom. The number of sulfonamides is 1. The van der Waals surface area contributed by atoms with Crippen molar-refractivity contribution in [3.8, 4) is 0 Å². The summed E-state index contributed by atoms with van der Waals surface area (Å²) in [4.78, 5) is 15.0. The highest BCUT2D eigenvalue weighted by Gasteiger charge is 2.42. The highest BCUT2D eigenvalue weighted by Crippen LogP contribution is 2.21. The molecule has 0 saturated carbocycles. The van der Waals surface area contributed by atoms with Gasteiger partial charge in [-0.15, -0.1) is 0 Å². The van der Waals surface area contributed by atoms with Gasteiger partial charge in [-0.25, -0.2) is 27.0 Å². The van der Waals surface area contributed by atoms with E-state index in [1.54, 1.807) is 0 Å². The molecule has 17 heteroatoms. The summed E-state index contributed by atoms with van der Waals surface area (Å²) >= 11 is 5.70. The predicted octanol–water partition coefficient (Wildman–Crippen LogP) is 1.91. The number of rotatable bonds is 7. The van der Waals surface area contributed by atoms with Crippen molar-refractivity contribution in [2.45, 2.75) is 30.8 Å². The molecule has 1 saturated heterocycles. The Hall–Kier alpha value is -2.82. The van der Waals surface area contributed by atoms with E-state index in [0.29, 0.717) is 25.9 Å². The van der Waals surface area contributed by atoms with Crippen LogP contribution < -0.4 is 15.4 Å². The van der Waals surface area contributed by atoms with Gasteiger partial charge in [-0.3, -0.25) is 0 Å². The molecule has 0 spiro atoms. The van der Waals surface area contributed by atoms with Crippen LogP contribution in [0.25, 0.3) is 0 Å². The van der Waals surface area contributed by atoms with E-state index in [0.717, 1.165) is 18.2 Å². The standard InChI is InChI=1S/C17H17ClF4N6O5S/c18-11-7-9(1-2-12(11)19)25-15(28-32-16(29)17(20,21)22)14-13(26-33-27-14)8-24-34(30,31)10-3-5-23-6-4-10/h1-2,7,10,23-24H,3-6,8H2,(H,25,28). The molecule has 1 fully saturated rings. The number of hydrogen-bond acceptors (Lipinski definition) is 9. The average molecular weight is 529 g/mol. The second-order valence-corrected chi connectivity index (χ2v) is 9.40. The maximum absolute atomic E-state index is 13.4. The van der Waals surface area contributed by atoms with E-state index in [1.807, 2.05) is 0 Å². The van der Waals surface area contributed by atoms with Crippen molar-refractivity contribution in [3.05, 3.63) is 40.4 Å². The number of amidine groups is 1. The summed E-state index contributed by atoms with van der Waals surface area (Å²) in [5.74, 6) is -4.02. The Bertz CT molecular complexity index is 1170. The zero-order chi connectivity index (χ0) is 24.9. The number of carbonyl (C=O) groups excluding carboxylic acids is 1. The quantitative estimate of drug-likeness (QED) is 0.161. The summed E-state index contributed by atoms with van der Waals surface area (Å²) in [6.07, 6.45) is -4.58. The summed E-state index contributed by atoms with van der Waals surface area (Å²) in [5, 5.41) is 14.7. The summed E-state index contributed by atoms with van der Waals surface area (Å²) in [6, 6.07) is 3.19. The van der Waals surface area contributed by atoms with Crippen molar-refractivity contribution in [1.29, 1.82) is 0 Å². The number of oxime groups is 1. The van der Waals surface area contributed by atoms with E-state index in [2.05, 4.69) is 40.3 Å². The van der Waals surface area contributed by atoms with E-state index in [9.17, 15) is 30.8 Å². The molecule has 11 nitrogen and oxygen atoms in total. The monoisotopic (exact) mass is 528 g/mol. The molecular weight excluding hydrogens is 512 g/mol. The molecule has 0 unspecified atom stereocenters. The molecule has 2 heterocycles. The Labute approximate surface area is 194 Å². The van der Waals surface area contributed by atoms with Gasteiger partial charge in [-0.05, 0) is 49.3 Å². The van der Waals surface area contributed by atoms with Gasteiger partial charge in [-0.1, -0.05) is 21.9 Å². The fourth-order valence-electron chi connectivity index (χ4n) is 2.87. The summed E-state index contributed by atoms with van der Waals surface area (Å²) in [6.45, 7) is 0.588. The normalized spacial score (nSPS) is 15.9. The SMILES string of the molecule is O=C(ON=C(Nc1ccc(F)c(Cl)c1)c1nonc1CNS(=O)(=O)C1CCNCC1)C(F)(F)F. The van der Waals surface area contributed by atoms with Gasteiger partial charge in [-0.2, -0.15) is 13.2 Å². The Kier molecular flexibility index (Phi) is 8.06. The Morgan fingerprint density at radius 2 is 2.00 bits per heavy atom. The van der Waals surface area contributed by atoms with E-state index < -0.39 is 45.6 Å². The summed E-state index contributed by atoms with van der Waals surface area (Å²) in [7, 11) is -3.77. The number of halogens is 5. The van der Waals surface area contributed by atoms with E-state index in [4.69, 9.17) is 11.6 Å². The Morgan fingerprint density at radius 3 is 2.65 bits per heavy atom. The van der Waals surface area contributed by atoms with Crippen molar-refractivity contribution in [2.24, 2.45) is 5.16 Å². The molecule has 1 aliphatic heterocycles. The van der Waals surface area contributed by atoms with Crippen LogP contribution in [0.15, 0.2) is 28.0 Å². The lowest BCUT2D eigenvalue weighted by Crippen LogP contribution is -2.41. The van der Waals surface area contributed by atoms with Gasteiger partial charge in [0, 0.05) is 5.69 Å². The highest BCUT2D eigenvalue weighted by molar-refractivity contribution is 7.90. The van der Waals surface area contributed by atoms with Gasteiger partial charge < -0.3 is 15.5 Å². The van der Waals surface area contributed by atoms with Gasteiger partial charge in [0.2, 0.25) is 15.9 Å². The lowest BCUT2D eigenvalue weighted by atomic mass is 10.2. The third-order valence-electron chi connectivity index (χ3n) is 4.58. The van der Waals surface area contributed by atoms with Gasteiger partial charge in [0.1, 0.15) is 11.5 Å². The first-order valence-corrected chi connectivity index (χ1v) is 11.5. The number of anilines is 1. The first-order chi connectivity index (χ1) is 16.0. The van der Waals surface area contributed by atoms with Crippen LogP contribution in [-0.4, -0.2) is 55.1 Å². The highest BCUT2D eigenvalue weighted by atomic mass is 35.5. The maximum Gasteiger partial charge on any atom is 0.493 e. The van der Waals surface area contributed by atoms with Crippen molar-refractivity contribution in [3.63, 3.8) is 0 Å². The fourth-order valence-corrected chi connectivity index (χ4v) is 4.48. The molecule has 1 aromatic carbocycles. The van der Waals surface area contributed by atoms with Crippen molar-refractivity contribution < 1.29 is 40.2 Å². The minimum atomic E-state index is -5.34. The van der Waals surface area contributed by atoms with Crippen LogP contribution in [0.5, 0.6) is 0 Å². The molecule has 0 amide bonds. The lowest BCUT2D eigenvalue weighted by Gasteiger charge is -2.22. The van der Waals surface area contributed by atoms with Crippen LogP contribution >= 0.6 is 11.6 Å². The van der Waals surface area contributed by atoms with Crippen LogP contribution in [-0.2, 0) is 26.2 Å². The number of alkyl halides is 3. The first kappa shape index (κ1) is 25.8. The van der Waals surface area contributed by atoms with Crippen LogP contribution in [0.3, 0.4) is 0 Å². The molecule has 3 N–H and O–H groups in total. The number of hydrogen-bond donors (Lipinski definition) is 3. The molecule has 0 atom stereocenters. The second kappa shape index (κ2) is 10.6. The maximum atomic E-state index is 13.4. The van der Waals surface area contributed by atoms with E-state index >= 15 is 0 Å². The number of aromatic nitrogens is 2. The topological polar surface area (TPSA) is 148 Å².